The van der Waals surface area contributed by atoms with Crippen LogP contribution in [0.2, 0.25) is 0 Å². The van der Waals surface area contributed by atoms with Gasteiger partial charge in [0.1, 0.15) is 0 Å². The maximum absolute atomic E-state index is 6.03. The summed E-state index contributed by atoms with van der Waals surface area (Å²) >= 11 is 45.0. The first-order valence-electron chi connectivity index (χ1n) is 6.70. The first-order valence-corrected chi connectivity index (χ1v) is 10.2. The van der Waals surface area contributed by atoms with E-state index in [1.807, 2.05) is 24.3 Å². The highest BCUT2D eigenvalue weighted by molar-refractivity contribution is 9.07. The second-order valence-electron chi connectivity index (χ2n) is 4.77. The van der Waals surface area contributed by atoms with Gasteiger partial charge in [0.25, 0.3) is 0 Å². The molecule has 1 aromatic carbocycles. The summed E-state index contributed by atoms with van der Waals surface area (Å²) in [5.74, 6) is 0.702. The number of benzene rings is 1. The van der Waals surface area contributed by atoms with E-state index >= 15 is 0 Å². The number of halogens is 8. The molecule has 0 bridgehead atoms. The number of rotatable bonds is 4. The Morgan fingerprint density at radius 2 is 1.76 bits per heavy atom. The molecule has 4 nitrogen and oxygen atoms in total. The Labute approximate surface area is 188 Å². The SMILES string of the molecule is ClCCNc1ccccc1C1=NC(C(Cl)(Cl)Cl)=NC(C(Cl)(Cl)Cl)N1Br. The van der Waals surface area contributed by atoms with Gasteiger partial charge >= 0.3 is 0 Å². The molecule has 0 spiro atoms. The number of nitrogens with one attached hydrogen (secondary N) is 1. The number of hydrogen-bond donors (Lipinski definition) is 1. The predicted octanol–water partition coefficient (Wildman–Crippen LogP) is 6.17. The number of alkyl halides is 7. The fourth-order valence-corrected chi connectivity index (χ4v) is 3.82. The molecule has 1 atom stereocenters. The van der Waals surface area contributed by atoms with Gasteiger partial charge in [0, 0.05) is 23.7 Å². The minimum absolute atomic E-state index is 0.0910. The van der Waals surface area contributed by atoms with Crippen molar-refractivity contribution in [3.05, 3.63) is 29.8 Å². The summed E-state index contributed by atoms with van der Waals surface area (Å²) in [4.78, 5) is 8.49. The standard InChI is InChI=1S/C13H10BrCl7N4/c14-25-9(7-3-1-2-4-8(7)22-6-5-15)23-10(12(16,17)18)24-11(25)13(19,20)21/h1-4,11,22H,5-6H2. The van der Waals surface area contributed by atoms with Gasteiger partial charge in [-0.25, -0.2) is 9.98 Å². The highest BCUT2D eigenvalue weighted by Crippen LogP contribution is 2.41. The molecular weight excluding hydrogens is 540 g/mol. The van der Waals surface area contributed by atoms with E-state index in [2.05, 4.69) is 31.4 Å². The molecule has 138 valence electrons. The molecule has 0 radical (unpaired) electrons. The van der Waals surface area contributed by atoms with Gasteiger partial charge in [0.15, 0.2) is 17.8 Å². The van der Waals surface area contributed by atoms with Crippen molar-refractivity contribution in [2.75, 3.05) is 17.7 Å². The second-order valence-corrected chi connectivity index (χ2v) is 10.6. The number of amidine groups is 2. The summed E-state index contributed by atoms with van der Waals surface area (Å²) < 4.78 is -2.25. The lowest BCUT2D eigenvalue weighted by Crippen LogP contribution is -2.45. The Hall–Kier alpha value is 0.670. The zero-order valence-corrected chi connectivity index (χ0v) is 19.0. The van der Waals surface area contributed by atoms with Crippen LogP contribution in [0, 0.1) is 0 Å². The number of nitrogens with zero attached hydrogens (tertiary/aromatic N) is 3. The third-order valence-electron chi connectivity index (χ3n) is 3.00. The number of para-hydroxylation sites is 1. The summed E-state index contributed by atoms with van der Waals surface area (Å²) in [6.45, 7) is 0.549. The average molecular weight is 550 g/mol. The van der Waals surface area contributed by atoms with E-state index in [0.29, 0.717) is 23.8 Å². The minimum atomic E-state index is -1.88. The quantitative estimate of drug-likeness (QED) is 0.360. The molecule has 0 amide bonds. The Morgan fingerprint density at radius 1 is 1.12 bits per heavy atom. The van der Waals surface area contributed by atoms with Crippen molar-refractivity contribution in [1.82, 2.24) is 3.93 Å². The molecule has 1 aliphatic rings. The number of aliphatic imine (C=N–C) groups is 2. The van der Waals surface area contributed by atoms with Crippen molar-refractivity contribution in [1.29, 1.82) is 0 Å². The lowest BCUT2D eigenvalue weighted by molar-refractivity contribution is 0.502. The molecule has 0 fully saturated rings. The van der Waals surface area contributed by atoms with Crippen LogP contribution in [0.4, 0.5) is 5.69 Å². The van der Waals surface area contributed by atoms with Crippen LogP contribution in [-0.2, 0) is 0 Å². The molecule has 1 unspecified atom stereocenters. The largest absolute Gasteiger partial charge is 0.383 e. The van der Waals surface area contributed by atoms with Gasteiger partial charge in [-0.15, -0.1) is 11.6 Å². The summed E-state index contributed by atoms with van der Waals surface area (Å²) in [6.07, 6.45) is -1.00. The maximum Gasteiger partial charge on any atom is 0.249 e. The van der Waals surface area contributed by atoms with E-state index < -0.39 is 13.8 Å². The van der Waals surface area contributed by atoms with Crippen LogP contribution < -0.4 is 5.32 Å². The maximum atomic E-state index is 6.03. The van der Waals surface area contributed by atoms with Crippen LogP contribution in [-0.4, -0.2) is 41.8 Å². The Bertz CT molecular complexity index is 684. The van der Waals surface area contributed by atoms with Crippen molar-refractivity contribution >= 4 is 115 Å². The van der Waals surface area contributed by atoms with Gasteiger partial charge in [-0.2, -0.15) is 0 Å². The molecule has 1 N–H and O–H groups in total. The lowest BCUT2D eigenvalue weighted by Gasteiger charge is -2.35. The van der Waals surface area contributed by atoms with Crippen LogP contribution in [0.1, 0.15) is 5.56 Å². The molecule has 0 saturated heterocycles. The predicted molar refractivity (Wildman–Crippen MR) is 115 cm³/mol. The smallest absolute Gasteiger partial charge is 0.249 e. The van der Waals surface area contributed by atoms with Gasteiger partial charge in [-0.1, -0.05) is 81.7 Å². The molecule has 1 heterocycles. The molecule has 0 aromatic heterocycles. The van der Waals surface area contributed by atoms with Gasteiger partial charge in [-0.05, 0) is 12.1 Å². The van der Waals surface area contributed by atoms with Crippen LogP contribution in [0.3, 0.4) is 0 Å². The fraction of sp³-hybridized carbons (Fsp3) is 0.385. The molecule has 1 aromatic rings. The average Bonchev–Trinajstić information content (AvgIpc) is 2.51. The normalized spacial score (nSPS) is 18.7. The van der Waals surface area contributed by atoms with Crippen LogP contribution in [0.15, 0.2) is 34.3 Å². The molecular formula is C13H10BrCl7N4. The molecule has 0 aliphatic carbocycles. The highest BCUT2D eigenvalue weighted by Gasteiger charge is 2.44. The zero-order chi connectivity index (χ0) is 18.8. The third-order valence-corrected chi connectivity index (χ3v) is 5.00. The van der Waals surface area contributed by atoms with Gasteiger partial charge < -0.3 is 5.32 Å². The van der Waals surface area contributed by atoms with Crippen molar-refractivity contribution < 1.29 is 0 Å². The van der Waals surface area contributed by atoms with E-state index in [1.165, 1.54) is 3.93 Å². The Balaban J connectivity index is 2.56. The van der Waals surface area contributed by atoms with Gasteiger partial charge in [0.2, 0.25) is 7.59 Å². The van der Waals surface area contributed by atoms with Crippen LogP contribution in [0.25, 0.3) is 0 Å². The third kappa shape index (κ3) is 5.58. The van der Waals surface area contributed by atoms with Crippen LogP contribution in [0.5, 0.6) is 0 Å². The van der Waals surface area contributed by atoms with Crippen LogP contribution >= 0.6 is 97.4 Å². The van der Waals surface area contributed by atoms with Crippen molar-refractivity contribution in [2.45, 2.75) is 13.8 Å². The first-order chi connectivity index (χ1) is 11.6. The van der Waals surface area contributed by atoms with E-state index in [-0.39, 0.29) is 5.84 Å². The van der Waals surface area contributed by atoms with E-state index in [0.717, 1.165) is 5.69 Å². The van der Waals surface area contributed by atoms with Gasteiger partial charge in [0.05, 0.1) is 16.1 Å². The topological polar surface area (TPSA) is 40.0 Å². The molecule has 2 rings (SSSR count). The monoisotopic (exact) mass is 546 g/mol. The molecule has 1 aliphatic heterocycles. The van der Waals surface area contributed by atoms with Crippen molar-refractivity contribution in [2.24, 2.45) is 9.98 Å². The number of hydrogen-bond acceptors (Lipinski definition) is 4. The minimum Gasteiger partial charge on any atom is -0.383 e. The molecule has 0 saturated carbocycles. The van der Waals surface area contributed by atoms with Crippen molar-refractivity contribution in [3.8, 4) is 0 Å². The number of anilines is 1. The summed E-state index contributed by atoms with van der Waals surface area (Å²) in [5, 5.41) is 3.19. The molecule has 12 heteroatoms. The summed E-state index contributed by atoms with van der Waals surface area (Å²) in [6, 6.07) is 7.37. The first kappa shape index (κ1) is 22.0. The summed E-state index contributed by atoms with van der Waals surface area (Å²) in [7, 11) is 0. The lowest BCUT2D eigenvalue weighted by atomic mass is 10.1. The summed E-state index contributed by atoms with van der Waals surface area (Å²) in [5.41, 5.74) is 1.45. The Morgan fingerprint density at radius 3 is 2.32 bits per heavy atom. The molecule has 25 heavy (non-hydrogen) atoms. The Kier molecular flexibility index (Phi) is 7.72. The fourth-order valence-electron chi connectivity index (χ4n) is 1.99. The van der Waals surface area contributed by atoms with E-state index in [9.17, 15) is 0 Å². The highest BCUT2D eigenvalue weighted by atomic mass is 79.9. The van der Waals surface area contributed by atoms with E-state index in [1.54, 1.807) is 0 Å². The van der Waals surface area contributed by atoms with Gasteiger partial charge in [-0.3, -0.25) is 3.93 Å². The zero-order valence-electron chi connectivity index (χ0n) is 12.2. The van der Waals surface area contributed by atoms with Crippen molar-refractivity contribution in [3.63, 3.8) is 0 Å². The second kappa shape index (κ2) is 8.78. The van der Waals surface area contributed by atoms with E-state index in [4.69, 9.17) is 81.2 Å².